The Morgan fingerprint density at radius 3 is 2.41 bits per heavy atom. The number of aromatic nitrogens is 1. The van der Waals surface area contributed by atoms with Gasteiger partial charge in [-0.05, 0) is 32.9 Å². The molecule has 0 atom stereocenters. The lowest BCUT2D eigenvalue weighted by Crippen LogP contribution is -2.46. The van der Waals surface area contributed by atoms with E-state index in [1.54, 1.807) is 0 Å². The van der Waals surface area contributed by atoms with Crippen LogP contribution in [0.3, 0.4) is 0 Å². The van der Waals surface area contributed by atoms with Crippen LogP contribution in [0.4, 0.5) is 13.2 Å². The fourth-order valence-electron chi connectivity index (χ4n) is 3.00. The lowest BCUT2D eigenvalue weighted by molar-refractivity contribution is -0.140. The third-order valence-corrected chi connectivity index (χ3v) is 5.50. The Morgan fingerprint density at radius 1 is 1.14 bits per heavy atom. The zero-order valence-electron chi connectivity index (χ0n) is 17.1. The SMILES string of the molecule is CCNC(=NCc1nc(C(F)(F)F)cs1)NCCCCN1CCN(CC)CC1.I. The van der Waals surface area contributed by atoms with E-state index in [0.717, 1.165) is 75.4 Å². The van der Waals surface area contributed by atoms with Crippen LogP contribution >= 0.6 is 35.3 Å². The van der Waals surface area contributed by atoms with Crippen LogP contribution < -0.4 is 10.6 Å². The Balaban J connectivity index is 0.00000420. The first kappa shape index (κ1) is 26.4. The summed E-state index contributed by atoms with van der Waals surface area (Å²) in [6, 6.07) is 0. The summed E-state index contributed by atoms with van der Waals surface area (Å²) in [6.45, 7) is 12.6. The minimum atomic E-state index is -4.40. The molecule has 29 heavy (non-hydrogen) atoms. The lowest BCUT2D eigenvalue weighted by Gasteiger charge is -2.34. The van der Waals surface area contributed by atoms with Gasteiger partial charge >= 0.3 is 6.18 Å². The smallest absolute Gasteiger partial charge is 0.357 e. The molecule has 0 spiro atoms. The number of guanidine groups is 1. The number of nitrogens with zero attached hydrogens (tertiary/aromatic N) is 4. The van der Waals surface area contributed by atoms with Crippen molar-refractivity contribution in [3.05, 3.63) is 16.1 Å². The number of hydrogen-bond donors (Lipinski definition) is 2. The van der Waals surface area contributed by atoms with Crippen LogP contribution in [-0.2, 0) is 12.7 Å². The highest BCUT2D eigenvalue weighted by Gasteiger charge is 2.33. The average Bonchev–Trinajstić information content (AvgIpc) is 3.16. The molecule has 6 nitrogen and oxygen atoms in total. The Kier molecular flexibility index (Phi) is 12.4. The van der Waals surface area contributed by atoms with E-state index in [2.05, 4.69) is 37.3 Å². The van der Waals surface area contributed by atoms with Gasteiger partial charge in [0.25, 0.3) is 0 Å². The van der Waals surface area contributed by atoms with E-state index in [9.17, 15) is 13.2 Å². The number of alkyl halides is 3. The average molecular weight is 548 g/mol. The van der Waals surface area contributed by atoms with Crippen LogP contribution in [0.1, 0.15) is 37.4 Å². The summed E-state index contributed by atoms with van der Waals surface area (Å²) in [4.78, 5) is 12.9. The van der Waals surface area contributed by atoms with Crippen molar-refractivity contribution >= 4 is 41.3 Å². The molecule has 11 heteroatoms. The first-order valence-corrected chi connectivity index (χ1v) is 10.8. The molecule has 1 aromatic rings. The second kappa shape index (κ2) is 13.6. The molecule has 1 aromatic heterocycles. The quantitative estimate of drug-likeness (QED) is 0.215. The molecular formula is C18H32F3IN6S. The van der Waals surface area contributed by atoms with Gasteiger partial charge in [0.2, 0.25) is 0 Å². The van der Waals surface area contributed by atoms with E-state index in [4.69, 9.17) is 0 Å². The molecular weight excluding hydrogens is 516 g/mol. The highest BCUT2D eigenvalue weighted by molar-refractivity contribution is 14.0. The molecule has 2 N–H and O–H groups in total. The van der Waals surface area contributed by atoms with Gasteiger partial charge in [-0.3, -0.25) is 0 Å². The summed E-state index contributed by atoms with van der Waals surface area (Å²) in [5.41, 5.74) is -0.847. The molecule has 0 amide bonds. The van der Waals surface area contributed by atoms with Gasteiger partial charge in [0, 0.05) is 44.6 Å². The van der Waals surface area contributed by atoms with Crippen LogP contribution in [0, 0.1) is 0 Å². The van der Waals surface area contributed by atoms with Gasteiger partial charge in [-0.1, -0.05) is 6.92 Å². The van der Waals surface area contributed by atoms with Crippen LogP contribution in [0.15, 0.2) is 10.4 Å². The van der Waals surface area contributed by atoms with Crippen molar-refractivity contribution in [2.75, 3.05) is 52.4 Å². The first-order chi connectivity index (χ1) is 13.4. The Hall–Kier alpha value is -0.660. The third kappa shape index (κ3) is 9.79. The fraction of sp³-hybridized carbons (Fsp3) is 0.778. The number of nitrogens with one attached hydrogen (secondary N) is 2. The molecule has 0 unspecified atom stereocenters. The number of aliphatic imine (C=N–C) groups is 1. The summed E-state index contributed by atoms with van der Waals surface area (Å²) in [7, 11) is 0. The summed E-state index contributed by atoms with van der Waals surface area (Å²) >= 11 is 0.983. The normalized spacial score (nSPS) is 16.5. The van der Waals surface area contributed by atoms with Crippen LogP contribution in [0.5, 0.6) is 0 Å². The van der Waals surface area contributed by atoms with Gasteiger partial charge in [0.15, 0.2) is 11.7 Å². The molecule has 0 saturated carbocycles. The Bertz CT molecular complexity index is 603. The van der Waals surface area contributed by atoms with Crippen molar-refractivity contribution in [1.29, 1.82) is 0 Å². The van der Waals surface area contributed by atoms with Crippen molar-refractivity contribution in [2.24, 2.45) is 4.99 Å². The molecule has 1 aliphatic heterocycles. The van der Waals surface area contributed by atoms with Gasteiger partial charge in [0.05, 0.1) is 6.54 Å². The van der Waals surface area contributed by atoms with Gasteiger partial charge < -0.3 is 20.4 Å². The van der Waals surface area contributed by atoms with E-state index in [1.807, 2.05) is 6.92 Å². The lowest BCUT2D eigenvalue weighted by atomic mass is 10.2. The summed E-state index contributed by atoms with van der Waals surface area (Å²) in [5.74, 6) is 0.614. The van der Waals surface area contributed by atoms with Gasteiger partial charge in [-0.25, -0.2) is 9.98 Å². The zero-order valence-corrected chi connectivity index (χ0v) is 20.2. The maximum Gasteiger partial charge on any atom is 0.434 e. The molecule has 0 radical (unpaired) electrons. The standard InChI is InChI=1S/C18H31F3N6S.HI/c1-3-22-17(24-13-16-25-15(14-28-16)18(19,20)21)23-7-5-6-8-27-11-9-26(4-2)10-12-27;/h14H,3-13H2,1-2H3,(H2,22,23,24);1H. The Morgan fingerprint density at radius 2 is 1.83 bits per heavy atom. The molecule has 168 valence electrons. The van der Waals surface area contributed by atoms with E-state index in [0.29, 0.717) is 17.5 Å². The molecule has 0 aromatic carbocycles. The number of rotatable bonds is 9. The fourth-order valence-corrected chi connectivity index (χ4v) is 3.72. The van der Waals surface area contributed by atoms with Crippen molar-refractivity contribution in [1.82, 2.24) is 25.4 Å². The number of unbranched alkanes of at least 4 members (excludes halogenated alkanes) is 1. The van der Waals surface area contributed by atoms with Crippen molar-refractivity contribution in [3.8, 4) is 0 Å². The number of hydrogen-bond acceptors (Lipinski definition) is 5. The minimum Gasteiger partial charge on any atom is -0.357 e. The van der Waals surface area contributed by atoms with E-state index >= 15 is 0 Å². The maximum atomic E-state index is 12.6. The molecule has 0 bridgehead atoms. The first-order valence-electron chi connectivity index (χ1n) is 9.90. The van der Waals surface area contributed by atoms with E-state index < -0.39 is 11.9 Å². The molecule has 2 rings (SSSR count). The number of likely N-dealkylation sites (N-methyl/N-ethyl adjacent to an activating group) is 1. The predicted octanol–water partition coefficient (Wildman–Crippen LogP) is 3.25. The van der Waals surface area contributed by atoms with Crippen molar-refractivity contribution < 1.29 is 13.2 Å². The number of halogens is 4. The maximum absolute atomic E-state index is 12.6. The molecule has 2 heterocycles. The summed E-state index contributed by atoms with van der Waals surface area (Å²) < 4.78 is 37.8. The van der Waals surface area contributed by atoms with Crippen LogP contribution in [0.2, 0.25) is 0 Å². The molecule has 1 saturated heterocycles. The summed E-state index contributed by atoms with van der Waals surface area (Å²) in [5, 5.41) is 7.76. The molecule has 1 fully saturated rings. The predicted molar refractivity (Wildman–Crippen MR) is 123 cm³/mol. The topological polar surface area (TPSA) is 55.8 Å². The highest BCUT2D eigenvalue weighted by Crippen LogP contribution is 2.30. The number of piperazine rings is 1. The van der Waals surface area contributed by atoms with Gasteiger partial charge in [-0.15, -0.1) is 35.3 Å². The second-order valence-corrected chi connectivity index (χ2v) is 7.67. The van der Waals surface area contributed by atoms with Crippen LogP contribution in [-0.4, -0.2) is 73.1 Å². The summed E-state index contributed by atoms with van der Waals surface area (Å²) in [6.07, 6.45) is -2.27. The minimum absolute atomic E-state index is 0. The van der Waals surface area contributed by atoms with E-state index in [-0.39, 0.29) is 30.5 Å². The Labute approximate surface area is 192 Å². The van der Waals surface area contributed by atoms with Crippen molar-refractivity contribution in [2.45, 2.75) is 39.4 Å². The highest BCUT2D eigenvalue weighted by atomic mass is 127. The molecule has 0 aliphatic carbocycles. The van der Waals surface area contributed by atoms with Crippen LogP contribution in [0.25, 0.3) is 0 Å². The van der Waals surface area contributed by atoms with Crippen molar-refractivity contribution in [3.63, 3.8) is 0 Å². The zero-order chi connectivity index (χ0) is 20.4. The van der Waals surface area contributed by atoms with Gasteiger partial charge in [0.1, 0.15) is 5.01 Å². The monoisotopic (exact) mass is 548 g/mol. The second-order valence-electron chi connectivity index (χ2n) is 6.73. The van der Waals surface area contributed by atoms with Gasteiger partial charge in [-0.2, -0.15) is 13.2 Å². The third-order valence-electron chi connectivity index (χ3n) is 4.66. The number of thiazole rings is 1. The largest absolute Gasteiger partial charge is 0.434 e. The molecule has 1 aliphatic rings. The van der Waals surface area contributed by atoms with E-state index in [1.165, 1.54) is 0 Å².